The van der Waals surface area contributed by atoms with Crippen molar-refractivity contribution in [2.24, 2.45) is 11.8 Å². The van der Waals surface area contributed by atoms with E-state index in [0.717, 1.165) is 25.0 Å². The van der Waals surface area contributed by atoms with E-state index < -0.39 is 0 Å². The maximum atomic E-state index is 5.64. The Kier molecular flexibility index (Phi) is 6.50. The predicted octanol–water partition coefficient (Wildman–Crippen LogP) is 3.75. The molecule has 1 aliphatic heterocycles. The van der Waals surface area contributed by atoms with Crippen molar-refractivity contribution in [3.63, 3.8) is 0 Å². The largest absolute Gasteiger partial charge is 0.377 e. The highest BCUT2D eigenvalue weighted by Gasteiger charge is 2.21. The molecule has 1 unspecified atom stereocenters. The highest BCUT2D eigenvalue weighted by atomic mass is 16.5. The Morgan fingerprint density at radius 3 is 2.44 bits per heavy atom. The maximum Gasteiger partial charge on any atom is 0.0700 e. The minimum absolute atomic E-state index is 0.505. The molecule has 18 heavy (non-hydrogen) atoms. The lowest BCUT2D eigenvalue weighted by Crippen LogP contribution is -2.32. The molecule has 1 N–H and O–H groups in total. The molecule has 0 radical (unpaired) electrons. The van der Waals surface area contributed by atoms with Gasteiger partial charge in [-0.2, -0.15) is 0 Å². The number of hydrogen-bond donors (Lipinski definition) is 1. The summed E-state index contributed by atoms with van der Waals surface area (Å²) >= 11 is 0. The normalized spacial score (nSPS) is 32.8. The molecular weight excluding hydrogens is 222 g/mol. The van der Waals surface area contributed by atoms with Crippen molar-refractivity contribution in [3.8, 4) is 0 Å². The van der Waals surface area contributed by atoms with Crippen LogP contribution in [-0.4, -0.2) is 25.8 Å². The van der Waals surface area contributed by atoms with E-state index in [2.05, 4.69) is 12.2 Å². The van der Waals surface area contributed by atoms with Crippen molar-refractivity contribution >= 4 is 0 Å². The fraction of sp³-hybridized carbons (Fsp3) is 1.00. The van der Waals surface area contributed by atoms with Crippen LogP contribution in [0, 0.1) is 11.8 Å². The van der Waals surface area contributed by atoms with E-state index in [0.29, 0.717) is 6.10 Å². The third-order valence-electron chi connectivity index (χ3n) is 4.76. The van der Waals surface area contributed by atoms with Crippen LogP contribution in [0.15, 0.2) is 0 Å². The summed E-state index contributed by atoms with van der Waals surface area (Å²) in [5.41, 5.74) is 0. The number of hydrogen-bond acceptors (Lipinski definition) is 2. The van der Waals surface area contributed by atoms with Gasteiger partial charge in [-0.05, 0) is 44.1 Å². The molecule has 0 bridgehead atoms. The predicted molar refractivity (Wildman–Crippen MR) is 76.8 cm³/mol. The first-order chi connectivity index (χ1) is 8.88. The van der Waals surface area contributed by atoms with E-state index in [-0.39, 0.29) is 0 Å². The molecule has 1 heterocycles. The molecule has 2 nitrogen and oxygen atoms in total. The van der Waals surface area contributed by atoms with Crippen LogP contribution in [0.25, 0.3) is 0 Å². The molecule has 1 aliphatic carbocycles. The van der Waals surface area contributed by atoms with E-state index in [1.165, 1.54) is 64.3 Å². The van der Waals surface area contributed by atoms with Crippen molar-refractivity contribution in [1.82, 2.24) is 5.32 Å². The lowest BCUT2D eigenvalue weighted by Gasteiger charge is -2.29. The van der Waals surface area contributed by atoms with Crippen LogP contribution in [0.2, 0.25) is 0 Å². The van der Waals surface area contributed by atoms with Gasteiger partial charge < -0.3 is 10.1 Å². The minimum atomic E-state index is 0.505. The molecule has 0 amide bonds. The fourth-order valence-corrected chi connectivity index (χ4v) is 3.47. The van der Waals surface area contributed by atoms with Crippen molar-refractivity contribution < 1.29 is 4.74 Å². The first-order valence-corrected chi connectivity index (χ1v) is 8.20. The summed E-state index contributed by atoms with van der Waals surface area (Å²) in [5, 5.41) is 3.63. The standard InChI is InChI=1S/C16H31NO/c1-2-3-5-14-7-9-15(10-8-14)12-17-13-16-6-4-11-18-16/h14-17H,2-13H2,1H3. The number of nitrogens with one attached hydrogen (secondary N) is 1. The third kappa shape index (κ3) is 4.89. The Bertz CT molecular complexity index is 205. The van der Waals surface area contributed by atoms with Crippen molar-refractivity contribution in [3.05, 3.63) is 0 Å². The molecular formula is C16H31NO. The molecule has 2 heteroatoms. The van der Waals surface area contributed by atoms with E-state index in [1.54, 1.807) is 0 Å². The molecule has 0 aromatic carbocycles. The van der Waals surface area contributed by atoms with Gasteiger partial charge in [-0.3, -0.25) is 0 Å². The molecule has 0 spiro atoms. The molecule has 0 aromatic heterocycles. The van der Waals surface area contributed by atoms with Gasteiger partial charge in [0.15, 0.2) is 0 Å². The summed E-state index contributed by atoms with van der Waals surface area (Å²) in [6, 6.07) is 0. The van der Waals surface area contributed by atoms with Crippen LogP contribution in [0.5, 0.6) is 0 Å². The van der Waals surface area contributed by atoms with Crippen LogP contribution < -0.4 is 5.32 Å². The van der Waals surface area contributed by atoms with Crippen molar-refractivity contribution in [1.29, 1.82) is 0 Å². The first kappa shape index (κ1) is 14.3. The Hall–Kier alpha value is -0.0800. The van der Waals surface area contributed by atoms with Crippen LogP contribution in [0.3, 0.4) is 0 Å². The topological polar surface area (TPSA) is 21.3 Å². The van der Waals surface area contributed by atoms with Gasteiger partial charge >= 0.3 is 0 Å². The molecule has 0 aromatic rings. The summed E-state index contributed by atoms with van der Waals surface area (Å²) in [4.78, 5) is 0. The second-order valence-corrected chi connectivity index (χ2v) is 6.32. The number of unbranched alkanes of at least 4 members (excludes halogenated alkanes) is 1. The highest BCUT2D eigenvalue weighted by Crippen LogP contribution is 2.31. The molecule has 106 valence electrons. The van der Waals surface area contributed by atoms with Crippen LogP contribution >= 0.6 is 0 Å². The molecule has 2 rings (SSSR count). The highest BCUT2D eigenvalue weighted by molar-refractivity contribution is 4.75. The van der Waals surface area contributed by atoms with E-state index in [9.17, 15) is 0 Å². The second-order valence-electron chi connectivity index (χ2n) is 6.32. The van der Waals surface area contributed by atoms with Crippen LogP contribution in [0.4, 0.5) is 0 Å². The summed E-state index contributed by atoms with van der Waals surface area (Å²) in [6.07, 6.45) is 13.2. The van der Waals surface area contributed by atoms with Gasteiger partial charge in [-0.15, -0.1) is 0 Å². The van der Waals surface area contributed by atoms with Crippen molar-refractivity contribution in [2.75, 3.05) is 19.7 Å². The summed E-state index contributed by atoms with van der Waals surface area (Å²) in [5.74, 6) is 1.98. The van der Waals surface area contributed by atoms with E-state index in [4.69, 9.17) is 4.74 Å². The Balaban J connectivity index is 1.50. The smallest absolute Gasteiger partial charge is 0.0700 e. The second kappa shape index (κ2) is 8.16. The lowest BCUT2D eigenvalue weighted by atomic mass is 9.80. The molecule has 1 saturated heterocycles. The van der Waals surface area contributed by atoms with Gasteiger partial charge in [0.05, 0.1) is 6.10 Å². The van der Waals surface area contributed by atoms with Crippen LogP contribution in [0.1, 0.15) is 64.7 Å². The quantitative estimate of drug-likeness (QED) is 0.746. The van der Waals surface area contributed by atoms with Crippen molar-refractivity contribution in [2.45, 2.75) is 70.8 Å². The average molecular weight is 253 g/mol. The molecule has 1 atom stereocenters. The third-order valence-corrected chi connectivity index (χ3v) is 4.76. The van der Waals surface area contributed by atoms with Gasteiger partial charge in [0.2, 0.25) is 0 Å². The lowest BCUT2D eigenvalue weighted by molar-refractivity contribution is 0.108. The van der Waals surface area contributed by atoms with Gasteiger partial charge in [0.1, 0.15) is 0 Å². The summed E-state index contributed by atoms with van der Waals surface area (Å²) < 4.78 is 5.64. The number of rotatable bonds is 7. The SMILES string of the molecule is CCCCC1CCC(CNCC2CCCO2)CC1. The van der Waals surface area contributed by atoms with Gasteiger partial charge in [-0.1, -0.05) is 39.0 Å². The maximum absolute atomic E-state index is 5.64. The Morgan fingerprint density at radius 2 is 1.78 bits per heavy atom. The van der Waals surface area contributed by atoms with Gasteiger partial charge in [0.25, 0.3) is 0 Å². The summed E-state index contributed by atoms with van der Waals surface area (Å²) in [6.45, 7) is 5.59. The Morgan fingerprint density at radius 1 is 1.00 bits per heavy atom. The molecule has 2 fully saturated rings. The zero-order chi connectivity index (χ0) is 12.6. The van der Waals surface area contributed by atoms with Gasteiger partial charge in [-0.25, -0.2) is 0 Å². The fourth-order valence-electron chi connectivity index (χ4n) is 3.47. The van der Waals surface area contributed by atoms with Gasteiger partial charge in [0, 0.05) is 13.2 Å². The number of ether oxygens (including phenoxy) is 1. The monoisotopic (exact) mass is 253 g/mol. The molecule has 1 saturated carbocycles. The Labute approximate surface area is 113 Å². The first-order valence-electron chi connectivity index (χ1n) is 8.20. The zero-order valence-corrected chi connectivity index (χ0v) is 12.1. The van der Waals surface area contributed by atoms with Crippen LogP contribution in [-0.2, 0) is 4.74 Å². The minimum Gasteiger partial charge on any atom is -0.377 e. The van der Waals surface area contributed by atoms with E-state index >= 15 is 0 Å². The average Bonchev–Trinajstić information content (AvgIpc) is 2.91. The summed E-state index contributed by atoms with van der Waals surface area (Å²) in [7, 11) is 0. The van der Waals surface area contributed by atoms with E-state index in [1.807, 2.05) is 0 Å². The molecule has 2 aliphatic rings. The zero-order valence-electron chi connectivity index (χ0n) is 12.1.